The summed E-state index contributed by atoms with van der Waals surface area (Å²) >= 11 is 2.68. The summed E-state index contributed by atoms with van der Waals surface area (Å²) in [6.45, 7) is 4.49. The van der Waals surface area contributed by atoms with Crippen molar-refractivity contribution in [3.8, 4) is 17.2 Å². The quantitative estimate of drug-likeness (QED) is 0.0850. The molecule has 0 aliphatic carbocycles. The first-order valence-corrected chi connectivity index (χ1v) is 16.0. The number of methoxy groups -OCH3 is 1. The second-order valence-corrected chi connectivity index (χ2v) is 12.0. The van der Waals surface area contributed by atoms with Crippen LogP contribution in [0.15, 0.2) is 92.9 Å². The lowest BCUT2D eigenvalue weighted by Crippen LogP contribution is -2.31. The van der Waals surface area contributed by atoms with Crippen LogP contribution in [0.25, 0.3) is 11.0 Å². The van der Waals surface area contributed by atoms with Crippen molar-refractivity contribution in [1.82, 2.24) is 10.2 Å². The van der Waals surface area contributed by atoms with Crippen LogP contribution in [0.2, 0.25) is 0 Å². The van der Waals surface area contributed by atoms with E-state index >= 15 is 0 Å². The van der Waals surface area contributed by atoms with Gasteiger partial charge in [-0.2, -0.15) is 0 Å². The maximum absolute atomic E-state index is 14.2. The third-order valence-electron chi connectivity index (χ3n) is 7.09. The van der Waals surface area contributed by atoms with Crippen molar-refractivity contribution in [3.05, 3.63) is 101 Å². The number of benzene rings is 3. The van der Waals surface area contributed by atoms with Gasteiger partial charge in [0.2, 0.25) is 10.9 Å². The van der Waals surface area contributed by atoms with Crippen molar-refractivity contribution < 1.29 is 33.3 Å². The maximum Gasteiger partial charge on any atom is 0.296 e. The molecule has 0 saturated carbocycles. The highest BCUT2D eigenvalue weighted by Crippen LogP contribution is 2.46. The van der Waals surface area contributed by atoms with Crippen molar-refractivity contribution in [2.45, 2.75) is 30.0 Å². The van der Waals surface area contributed by atoms with E-state index in [2.05, 4.69) is 10.2 Å². The minimum Gasteiger partial charge on any atom is -0.503 e. The topological polar surface area (TPSA) is 124 Å². The zero-order chi connectivity index (χ0) is 31.5. The van der Waals surface area contributed by atoms with Crippen molar-refractivity contribution >= 4 is 50.9 Å². The number of aliphatic hydroxyl groups excluding tert-OH is 1. The number of ether oxygens (including phenoxy) is 3. The number of aliphatic hydroxyl groups is 1. The lowest BCUT2D eigenvalue weighted by atomic mass is 9.95. The van der Waals surface area contributed by atoms with Crippen LogP contribution in [-0.4, -0.2) is 47.3 Å². The largest absolute Gasteiger partial charge is 0.503 e. The molecular formula is C33H29N3O7S2. The second-order valence-electron chi connectivity index (χ2n) is 9.86. The number of amides is 1. The summed E-state index contributed by atoms with van der Waals surface area (Å²) < 4.78 is 23.6. The van der Waals surface area contributed by atoms with Crippen molar-refractivity contribution in [2.24, 2.45) is 0 Å². The van der Waals surface area contributed by atoms with Gasteiger partial charge in [0.1, 0.15) is 0 Å². The number of anilines is 1. The first-order chi connectivity index (χ1) is 21.9. The summed E-state index contributed by atoms with van der Waals surface area (Å²) in [6, 6.07) is 20.9. The number of carbonyl (C=O) groups is 2. The van der Waals surface area contributed by atoms with Gasteiger partial charge >= 0.3 is 0 Å². The minimum absolute atomic E-state index is 0.0527. The Hall–Kier alpha value is -4.81. The minimum atomic E-state index is -1.06. The van der Waals surface area contributed by atoms with Crippen LogP contribution >= 0.6 is 23.1 Å². The zero-order valence-corrected chi connectivity index (χ0v) is 26.3. The Bertz CT molecular complexity index is 1900. The lowest BCUT2D eigenvalue weighted by Gasteiger charge is -2.24. The monoisotopic (exact) mass is 643 g/mol. The highest BCUT2D eigenvalue weighted by molar-refractivity contribution is 8.00. The van der Waals surface area contributed by atoms with E-state index in [1.807, 2.05) is 44.2 Å². The highest BCUT2D eigenvalue weighted by Gasteiger charge is 2.47. The third kappa shape index (κ3) is 5.86. The van der Waals surface area contributed by atoms with Gasteiger partial charge in [-0.25, -0.2) is 0 Å². The summed E-state index contributed by atoms with van der Waals surface area (Å²) in [5.74, 6) is -0.117. The zero-order valence-electron chi connectivity index (χ0n) is 24.7. The number of hydrogen-bond acceptors (Lipinski definition) is 11. The van der Waals surface area contributed by atoms with Crippen LogP contribution in [0.1, 0.15) is 41.6 Å². The molecule has 0 saturated heterocycles. The van der Waals surface area contributed by atoms with Crippen molar-refractivity contribution in [3.63, 3.8) is 0 Å². The molecule has 0 spiro atoms. The van der Waals surface area contributed by atoms with E-state index in [1.165, 1.54) is 35.1 Å². The molecule has 2 aromatic heterocycles. The summed E-state index contributed by atoms with van der Waals surface area (Å²) in [4.78, 5) is 29.2. The molecule has 1 amide bonds. The Balaban J connectivity index is 1.42. The van der Waals surface area contributed by atoms with Crippen molar-refractivity contribution in [2.75, 3.05) is 25.2 Å². The number of Topliss-reactive ketones (excluding diaryl/α,β-unsaturated/α-hetero) is 1. The van der Waals surface area contributed by atoms with Crippen LogP contribution in [0, 0.1) is 0 Å². The van der Waals surface area contributed by atoms with E-state index in [0.29, 0.717) is 57.1 Å². The van der Waals surface area contributed by atoms with E-state index in [1.54, 1.807) is 42.5 Å². The van der Waals surface area contributed by atoms with E-state index in [4.69, 9.17) is 18.6 Å². The number of rotatable bonds is 12. The number of fused-ring (bicyclic) bond motifs is 1. The Morgan fingerprint density at radius 1 is 0.978 bits per heavy atom. The summed E-state index contributed by atoms with van der Waals surface area (Å²) in [7, 11) is 1.51. The molecule has 0 bridgehead atoms. The second kappa shape index (κ2) is 13.0. The molecule has 10 nitrogen and oxygen atoms in total. The van der Waals surface area contributed by atoms with E-state index in [-0.39, 0.29) is 16.5 Å². The van der Waals surface area contributed by atoms with Crippen LogP contribution in [0.5, 0.6) is 17.2 Å². The number of ketones is 1. The third-order valence-corrected chi connectivity index (χ3v) is 9.22. The maximum atomic E-state index is 14.2. The first-order valence-electron chi connectivity index (χ1n) is 14.2. The lowest BCUT2D eigenvalue weighted by molar-refractivity contribution is -0.117. The molecule has 230 valence electrons. The number of hydrogen-bond donors (Lipinski definition) is 1. The van der Waals surface area contributed by atoms with E-state index in [0.717, 1.165) is 5.56 Å². The van der Waals surface area contributed by atoms with E-state index in [9.17, 15) is 14.7 Å². The fourth-order valence-corrected chi connectivity index (χ4v) is 6.93. The molecular weight excluding hydrogens is 615 g/mol. The molecule has 5 aromatic rings. The molecule has 1 N–H and O–H groups in total. The van der Waals surface area contributed by atoms with Gasteiger partial charge in [0.05, 0.1) is 31.9 Å². The number of para-hydroxylation sites is 1. The highest BCUT2D eigenvalue weighted by atomic mass is 32.2. The Morgan fingerprint density at radius 3 is 2.51 bits per heavy atom. The Labute approximate surface area is 267 Å². The van der Waals surface area contributed by atoms with Gasteiger partial charge in [0.25, 0.3) is 5.91 Å². The molecule has 6 rings (SSSR count). The summed E-state index contributed by atoms with van der Waals surface area (Å²) in [5, 5.41) is 20.8. The predicted molar refractivity (Wildman–Crippen MR) is 172 cm³/mol. The molecule has 45 heavy (non-hydrogen) atoms. The van der Waals surface area contributed by atoms with Gasteiger partial charge in [0, 0.05) is 11.1 Å². The fourth-order valence-electron chi connectivity index (χ4n) is 5.11. The van der Waals surface area contributed by atoms with Crippen molar-refractivity contribution in [1.29, 1.82) is 0 Å². The Kier molecular flexibility index (Phi) is 8.76. The smallest absolute Gasteiger partial charge is 0.296 e. The molecule has 1 aliphatic heterocycles. The first kappa shape index (κ1) is 30.2. The average molecular weight is 644 g/mol. The number of thioether (sulfide) groups is 1. The van der Waals surface area contributed by atoms with Gasteiger partial charge in [-0.1, -0.05) is 71.6 Å². The van der Waals surface area contributed by atoms with Gasteiger partial charge in [-0.05, 0) is 49.2 Å². The van der Waals surface area contributed by atoms with Gasteiger partial charge in [-0.15, -0.1) is 10.2 Å². The molecule has 0 radical (unpaired) electrons. The van der Waals surface area contributed by atoms with Gasteiger partial charge in [0.15, 0.2) is 38.7 Å². The molecule has 1 atom stereocenters. The molecule has 1 unspecified atom stereocenters. The predicted octanol–water partition coefficient (Wildman–Crippen LogP) is 7.17. The fraction of sp³-hybridized carbons (Fsp3) is 0.212. The van der Waals surface area contributed by atoms with Crippen LogP contribution < -0.4 is 19.1 Å². The average Bonchev–Trinajstić information content (AvgIpc) is 3.78. The van der Waals surface area contributed by atoms with Gasteiger partial charge < -0.3 is 23.7 Å². The van der Waals surface area contributed by atoms with Crippen LogP contribution in [0.4, 0.5) is 5.13 Å². The van der Waals surface area contributed by atoms with Crippen LogP contribution in [0.3, 0.4) is 0 Å². The molecule has 1 aliphatic rings. The number of carbonyl (C=O) groups excluding carboxylic acids is 2. The molecule has 3 heterocycles. The summed E-state index contributed by atoms with van der Waals surface area (Å²) in [5.41, 5.74) is 1.84. The van der Waals surface area contributed by atoms with Crippen LogP contribution in [-0.2, 0) is 10.5 Å². The molecule has 3 aromatic carbocycles. The number of nitrogens with zero attached hydrogens (tertiary/aromatic N) is 3. The normalized spacial score (nSPS) is 14.8. The Morgan fingerprint density at radius 2 is 1.76 bits per heavy atom. The number of furan rings is 1. The SMILES string of the molecule is CCOc1ccc(C2C(C(=O)c3cc4cccc(OC)c4o3)=C(O)C(=O)N2c2nnc(SCc3ccccc3)s2)cc1OCC. The number of aromatic nitrogens is 2. The summed E-state index contributed by atoms with van der Waals surface area (Å²) in [6.07, 6.45) is 0. The molecule has 0 fully saturated rings. The van der Waals surface area contributed by atoms with Gasteiger partial charge in [-0.3, -0.25) is 14.5 Å². The van der Waals surface area contributed by atoms with E-state index < -0.39 is 23.5 Å². The molecule has 12 heteroatoms. The standard InChI is InChI=1S/C33H29N3O7S2/c1-4-41-22-15-14-20(16-24(22)42-5-2)27-26(28(37)25-17-21-12-9-13-23(40-3)30(21)43-25)29(38)31(39)36(27)32-34-35-33(45-32)44-18-19-10-7-6-8-11-19/h6-17,27,38H,4-5,18H2,1-3H3.